The van der Waals surface area contributed by atoms with Gasteiger partial charge in [-0.1, -0.05) is 36.4 Å². The van der Waals surface area contributed by atoms with Gasteiger partial charge in [-0.3, -0.25) is 4.79 Å². The fourth-order valence-electron chi connectivity index (χ4n) is 2.53. The molecule has 1 aliphatic rings. The molecule has 1 amide bonds. The number of hydrogen-bond donors (Lipinski definition) is 1. The van der Waals surface area contributed by atoms with Gasteiger partial charge < -0.3 is 15.1 Å². The summed E-state index contributed by atoms with van der Waals surface area (Å²) in [6.45, 7) is 1.63. The third-order valence-corrected chi connectivity index (χ3v) is 3.71. The van der Waals surface area contributed by atoms with E-state index in [0.29, 0.717) is 31.2 Å². The molecule has 0 saturated heterocycles. The van der Waals surface area contributed by atoms with Crippen molar-refractivity contribution in [1.29, 1.82) is 0 Å². The van der Waals surface area contributed by atoms with E-state index >= 15 is 0 Å². The molecule has 2 heterocycles. The van der Waals surface area contributed by atoms with Gasteiger partial charge >= 0.3 is 0 Å². The molecular weight excluding hydrogens is 264 g/mol. The van der Waals surface area contributed by atoms with Crippen molar-refractivity contribution in [2.45, 2.75) is 13.0 Å². The third kappa shape index (κ3) is 2.90. The summed E-state index contributed by atoms with van der Waals surface area (Å²) in [4.78, 5) is 14.1. The first-order valence-corrected chi connectivity index (χ1v) is 7.10. The van der Waals surface area contributed by atoms with E-state index in [9.17, 15) is 4.79 Å². The van der Waals surface area contributed by atoms with Crippen molar-refractivity contribution >= 4 is 11.5 Å². The summed E-state index contributed by atoms with van der Waals surface area (Å²) in [7, 11) is 0. The van der Waals surface area contributed by atoms with E-state index in [4.69, 9.17) is 10.2 Å². The summed E-state index contributed by atoms with van der Waals surface area (Å²) < 4.78 is 5.42. The lowest BCUT2D eigenvalue weighted by Gasteiger charge is -2.25. The Hall–Kier alpha value is -2.33. The van der Waals surface area contributed by atoms with Crippen molar-refractivity contribution in [2.75, 3.05) is 13.1 Å². The van der Waals surface area contributed by atoms with Gasteiger partial charge in [0.1, 0.15) is 5.76 Å². The third-order valence-electron chi connectivity index (χ3n) is 3.71. The maximum Gasteiger partial charge on any atom is 0.289 e. The number of nitrogens with two attached hydrogens (primary N) is 1. The maximum atomic E-state index is 12.3. The normalized spacial score (nSPS) is 14.9. The number of hydrogen-bond acceptors (Lipinski definition) is 3. The van der Waals surface area contributed by atoms with Gasteiger partial charge in [-0.15, -0.1) is 0 Å². The van der Waals surface area contributed by atoms with Crippen LogP contribution in [0.1, 0.15) is 28.3 Å². The quantitative estimate of drug-likeness (QED) is 0.941. The molecule has 0 bridgehead atoms. The summed E-state index contributed by atoms with van der Waals surface area (Å²) in [6.07, 6.45) is 2.98. The van der Waals surface area contributed by atoms with Gasteiger partial charge in [-0.25, -0.2) is 0 Å². The summed E-state index contributed by atoms with van der Waals surface area (Å²) in [5, 5.41) is 0. The van der Waals surface area contributed by atoms with Crippen molar-refractivity contribution in [3.63, 3.8) is 0 Å². The first-order valence-electron chi connectivity index (χ1n) is 7.10. The number of nitrogens with zero attached hydrogens (tertiary/aromatic N) is 1. The molecular formula is C17H18N2O2. The van der Waals surface area contributed by atoms with Crippen molar-refractivity contribution in [3.8, 4) is 0 Å². The number of benzene rings is 1. The number of furan rings is 1. The van der Waals surface area contributed by atoms with Crippen LogP contribution < -0.4 is 5.73 Å². The standard InChI is InChI=1S/C17H18N2O2/c18-12-15-6-7-16(21-15)17(20)19-10-8-14(9-11-19)13-4-2-1-3-5-13/h1-8H,9-12,18H2. The van der Waals surface area contributed by atoms with E-state index in [1.165, 1.54) is 11.1 Å². The molecule has 4 nitrogen and oxygen atoms in total. The molecule has 0 aliphatic carbocycles. The topological polar surface area (TPSA) is 59.5 Å². The Morgan fingerprint density at radius 1 is 1.19 bits per heavy atom. The smallest absolute Gasteiger partial charge is 0.289 e. The van der Waals surface area contributed by atoms with Gasteiger partial charge in [0, 0.05) is 13.1 Å². The monoisotopic (exact) mass is 282 g/mol. The van der Waals surface area contributed by atoms with E-state index in [2.05, 4.69) is 18.2 Å². The largest absolute Gasteiger partial charge is 0.455 e. The molecule has 0 saturated carbocycles. The summed E-state index contributed by atoms with van der Waals surface area (Å²) >= 11 is 0. The summed E-state index contributed by atoms with van der Waals surface area (Å²) in [6, 6.07) is 13.7. The van der Waals surface area contributed by atoms with Crippen molar-refractivity contribution in [2.24, 2.45) is 5.73 Å². The average Bonchev–Trinajstić information content (AvgIpc) is 3.04. The second-order valence-corrected chi connectivity index (χ2v) is 5.07. The van der Waals surface area contributed by atoms with Gasteiger partial charge in [0.15, 0.2) is 5.76 Å². The molecule has 0 atom stereocenters. The Labute approximate surface area is 123 Å². The van der Waals surface area contributed by atoms with E-state index < -0.39 is 0 Å². The lowest BCUT2D eigenvalue weighted by Crippen LogP contribution is -2.34. The van der Waals surface area contributed by atoms with Crippen LogP contribution in [0.25, 0.3) is 5.57 Å². The lowest BCUT2D eigenvalue weighted by molar-refractivity contribution is 0.0739. The molecule has 4 heteroatoms. The highest BCUT2D eigenvalue weighted by atomic mass is 16.4. The SMILES string of the molecule is NCc1ccc(C(=O)N2CC=C(c3ccccc3)CC2)o1. The minimum atomic E-state index is -0.0712. The van der Waals surface area contributed by atoms with E-state index in [1.54, 1.807) is 17.0 Å². The van der Waals surface area contributed by atoms with Crippen LogP contribution in [0.2, 0.25) is 0 Å². The zero-order chi connectivity index (χ0) is 14.7. The van der Waals surface area contributed by atoms with E-state index in [-0.39, 0.29) is 5.91 Å². The van der Waals surface area contributed by atoms with Gasteiger partial charge in [0.2, 0.25) is 0 Å². The average molecular weight is 282 g/mol. The molecule has 0 spiro atoms. The van der Waals surface area contributed by atoms with Crippen LogP contribution in [0.3, 0.4) is 0 Å². The Morgan fingerprint density at radius 3 is 2.62 bits per heavy atom. The molecule has 21 heavy (non-hydrogen) atoms. The molecule has 2 aromatic rings. The van der Waals surface area contributed by atoms with Crippen LogP contribution in [0.15, 0.2) is 53.0 Å². The molecule has 1 aromatic carbocycles. The number of rotatable bonds is 3. The molecule has 1 aliphatic heterocycles. The van der Waals surface area contributed by atoms with Crippen LogP contribution in [-0.4, -0.2) is 23.9 Å². The van der Waals surface area contributed by atoms with Crippen LogP contribution >= 0.6 is 0 Å². The first kappa shape index (κ1) is 13.6. The van der Waals surface area contributed by atoms with Crippen LogP contribution in [-0.2, 0) is 6.54 Å². The minimum Gasteiger partial charge on any atom is -0.455 e. The Morgan fingerprint density at radius 2 is 2.00 bits per heavy atom. The van der Waals surface area contributed by atoms with Crippen LogP contribution in [0.4, 0.5) is 0 Å². The molecule has 0 fully saturated rings. The fraction of sp³-hybridized carbons (Fsp3) is 0.235. The van der Waals surface area contributed by atoms with Gasteiger partial charge in [0.05, 0.1) is 6.54 Å². The predicted octanol–water partition coefficient (Wildman–Crippen LogP) is 2.67. The Balaban J connectivity index is 1.70. The van der Waals surface area contributed by atoms with Crippen molar-refractivity contribution in [3.05, 3.63) is 65.6 Å². The number of carbonyl (C=O) groups excluding carboxylic acids is 1. The fourth-order valence-corrected chi connectivity index (χ4v) is 2.53. The predicted molar refractivity (Wildman–Crippen MR) is 81.5 cm³/mol. The van der Waals surface area contributed by atoms with Gasteiger partial charge in [-0.2, -0.15) is 0 Å². The summed E-state index contributed by atoms with van der Waals surface area (Å²) in [5.41, 5.74) is 8.02. The van der Waals surface area contributed by atoms with Crippen LogP contribution in [0.5, 0.6) is 0 Å². The second kappa shape index (κ2) is 5.97. The number of carbonyl (C=O) groups is 1. The highest BCUT2D eigenvalue weighted by Gasteiger charge is 2.21. The zero-order valence-corrected chi connectivity index (χ0v) is 11.8. The van der Waals surface area contributed by atoms with Crippen molar-refractivity contribution in [1.82, 2.24) is 4.90 Å². The van der Waals surface area contributed by atoms with E-state index in [0.717, 1.165) is 6.42 Å². The highest BCUT2D eigenvalue weighted by Crippen LogP contribution is 2.23. The van der Waals surface area contributed by atoms with Gasteiger partial charge in [-0.05, 0) is 29.7 Å². The molecule has 108 valence electrons. The zero-order valence-electron chi connectivity index (χ0n) is 11.8. The lowest BCUT2D eigenvalue weighted by atomic mass is 9.99. The Bertz CT molecular complexity index is 658. The van der Waals surface area contributed by atoms with Gasteiger partial charge in [0.25, 0.3) is 5.91 Å². The van der Waals surface area contributed by atoms with E-state index in [1.807, 2.05) is 18.2 Å². The molecule has 2 N–H and O–H groups in total. The second-order valence-electron chi connectivity index (χ2n) is 5.07. The molecule has 0 unspecified atom stereocenters. The molecule has 1 aromatic heterocycles. The number of amides is 1. The van der Waals surface area contributed by atoms with Crippen molar-refractivity contribution < 1.29 is 9.21 Å². The minimum absolute atomic E-state index is 0.0712. The molecule has 0 radical (unpaired) electrons. The molecule has 3 rings (SSSR count). The maximum absolute atomic E-state index is 12.3. The Kier molecular flexibility index (Phi) is 3.88. The summed E-state index contributed by atoms with van der Waals surface area (Å²) in [5.74, 6) is 0.931. The highest BCUT2D eigenvalue weighted by molar-refractivity contribution is 5.92. The first-order chi connectivity index (χ1) is 10.3. The van der Waals surface area contributed by atoms with Crippen LogP contribution in [0, 0.1) is 0 Å².